The number of aliphatic carboxylic acids is 1. The van der Waals surface area contributed by atoms with Crippen molar-refractivity contribution < 1.29 is 24.2 Å². The van der Waals surface area contributed by atoms with Crippen molar-refractivity contribution in [3.63, 3.8) is 0 Å². The van der Waals surface area contributed by atoms with Gasteiger partial charge in [0.15, 0.2) is 6.10 Å². The van der Waals surface area contributed by atoms with E-state index in [4.69, 9.17) is 14.6 Å². The fourth-order valence-electron chi connectivity index (χ4n) is 1.46. The summed E-state index contributed by atoms with van der Waals surface area (Å²) in [6, 6.07) is 0. The molecule has 0 aromatic rings. The lowest BCUT2D eigenvalue weighted by atomic mass is 10.2. The molecule has 90 valence electrons. The van der Waals surface area contributed by atoms with E-state index >= 15 is 0 Å². The van der Waals surface area contributed by atoms with Crippen LogP contribution in [0.1, 0.15) is 6.92 Å². The third-order valence-corrected chi connectivity index (χ3v) is 2.12. The van der Waals surface area contributed by atoms with Crippen LogP contribution < -0.4 is 0 Å². The summed E-state index contributed by atoms with van der Waals surface area (Å²) in [6.07, 6.45) is -0.385. The van der Waals surface area contributed by atoms with E-state index in [9.17, 15) is 9.59 Å². The molecule has 6 heteroatoms. The first-order valence-electron chi connectivity index (χ1n) is 4.95. The number of rotatable bonds is 3. The largest absolute Gasteiger partial charge is 0.479 e. The molecule has 1 rings (SSSR count). The molecule has 1 N–H and O–H groups in total. The van der Waals surface area contributed by atoms with Gasteiger partial charge in [-0.1, -0.05) is 12.7 Å². The van der Waals surface area contributed by atoms with E-state index in [0.29, 0.717) is 6.54 Å². The Hall–Kier alpha value is -1.56. The molecule has 2 atom stereocenters. The maximum Gasteiger partial charge on any atom is 0.410 e. The molecule has 1 aliphatic heterocycles. The molecule has 0 saturated carbocycles. The number of carbonyl (C=O) groups is 2. The van der Waals surface area contributed by atoms with Gasteiger partial charge < -0.3 is 19.5 Å². The van der Waals surface area contributed by atoms with Crippen LogP contribution in [0.25, 0.3) is 0 Å². The zero-order chi connectivity index (χ0) is 12.1. The maximum absolute atomic E-state index is 11.5. The molecule has 1 amide bonds. The first-order valence-corrected chi connectivity index (χ1v) is 4.95. The monoisotopic (exact) mass is 229 g/mol. The molecule has 0 aliphatic carbocycles. The maximum atomic E-state index is 11.5. The van der Waals surface area contributed by atoms with Crippen LogP contribution >= 0.6 is 0 Å². The summed E-state index contributed by atoms with van der Waals surface area (Å²) < 4.78 is 9.99. The average Bonchev–Trinajstić information content (AvgIpc) is 2.24. The predicted octanol–water partition coefficient (Wildman–Crippen LogP) is 0.483. The summed E-state index contributed by atoms with van der Waals surface area (Å²) in [5.41, 5.74) is 0. The van der Waals surface area contributed by atoms with E-state index < -0.39 is 18.2 Å². The van der Waals surface area contributed by atoms with Gasteiger partial charge in [0.25, 0.3) is 0 Å². The lowest BCUT2D eigenvalue weighted by molar-refractivity contribution is -0.161. The summed E-state index contributed by atoms with van der Waals surface area (Å²) in [5, 5.41) is 8.81. The molecule has 16 heavy (non-hydrogen) atoms. The Bertz CT molecular complexity index is 291. The highest BCUT2D eigenvalue weighted by Gasteiger charge is 2.33. The Morgan fingerprint density at radius 3 is 2.88 bits per heavy atom. The Labute approximate surface area is 93.4 Å². The third kappa shape index (κ3) is 3.23. The first kappa shape index (κ1) is 12.5. The van der Waals surface area contributed by atoms with Crippen LogP contribution in [0.15, 0.2) is 12.7 Å². The van der Waals surface area contributed by atoms with Crippen molar-refractivity contribution >= 4 is 12.1 Å². The number of hydrogen-bond acceptors (Lipinski definition) is 4. The lowest BCUT2D eigenvalue weighted by Crippen LogP contribution is -2.51. The van der Waals surface area contributed by atoms with E-state index in [1.165, 1.54) is 11.0 Å². The number of carboxylic acid groups (broad SMARTS) is 1. The van der Waals surface area contributed by atoms with E-state index in [0.717, 1.165) is 0 Å². The Kier molecular flexibility index (Phi) is 4.30. The number of morpholine rings is 1. The SMILES string of the molecule is C=CCOC(=O)N1C[C@@H](C)O[C@H](C(=O)O)C1. The molecular formula is C10H15NO5. The lowest BCUT2D eigenvalue weighted by Gasteiger charge is -2.34. The molecule has 1 saturated heterocycles. The van der Waals surface area contributed by atoms with E-state index in [1.54, 1.807) is 6.92 Å². The molecule has 0 aromatic carbocycles. The van der Waals surface area contributed by atoms with Gasteiger partial charge in [0.05, 0.1) is 19.2 Å². The number of nitrogens with zero attached hydrogens (tertiary/aromatic N) is 1. The average molecular weight is 229 g/mol. The molecule has 0 bridgehead atoms. The molecule has 1 aliphatic rings. The fourth-order valence-corrected chi connectivity index (χ4v) is 1.46. The van der Waals surface area contributed by atoms with Crippen molar-refractivity contribution in [1.29, 1.82) is 0 Å². The number of hydrogen-bond donors (Lipinski definition) is 1. The van der Waals surface area contributed by atoms with Gasteiger partial charge in [0, 0.05) is 0 Å². The quantitative estimate of drug-likeness (QED) is 0.712. The topological polar surface area (TPSA) is 76.1 Å². The first-order chi connectivity index (χ1) is 7.54. The van der Waals surface area contributed by atoms with Crippen LogP contribution in [0, 0.1) is 0 Å². The van der Waals surface area contributed by atoms with Crippen molar-refractivity contribution in [2.24, 2.45) is 0 Å². The van der Waals surface area contributed by atoms with Crippen molar-refractivity contribution in [2.75, 3.05) is 19.7 Å². The molecule has 0 aromatic heterocycles. The van der Waals surface area contributed by atoms with E-state index in [1.807, 2.05) is 0 Å². The summed E-state index contributed by atoms with van der Waals surface area (Å²) in [6.45, 7) is 5.59. The standard InChI is InChI=1S/C10H15NO5/c1-3-4-15-10(14)11-5-7(2)16-8(6-11)9(12)13/h3,7-8H,1,4-6H2,2H3,(H,12,13)/t7-,8+/m1/s1. The summed E-state index contributed by atoms with van der Waals surface area (Å²) in [4.78, 5) is 23.6. The van der Waals surface area contributed by atoms with E-state index in [2.05, 4.69) is 6.58 Å². The highest BCUT2D eigenvalue weighted by atomic mass is 16.6. The zero-order valence-corrected chi connectivity index (χ0v) is 9.09. The van der Waals surface area contributed by atoms with Gasteiger partial charge in [-0.3, -0.25) is 0 Å². The van der Waals surface area contributed by atoms with Crippen molar-refractivity contribution in [1.82, 2.24) is 4.90 Å². The van der Waals surface area contributed by atoms with Gasteiger partial charge in [-0.25, -0.2) is 9.59 Å². The van der Waals surface area contributed by atoms with Crippen LogP contribution in [0.3, 0.4) is 0 Å². The summed E-state index contributed by atoms with van der Waals surface area (Å²) >= 11 is 0. The second-order valence-electron chi connectivity index (χ2n) is 3.54. The van der Waals surface area contributed by atoms with Crippen LogP contribution in [0.5, 0.6) is 0 Å². The number of carbonyl (C=O) groups excluding carboxylic acids is 1. The summed E-state index contributed by atoms with van der Waals surface area (Å²) in [5.74, 6) is -1.08. The van der Waals surface area contributed by atoms with Crippen molar-refractivity contribution in [3.8, 4) is 0 Å². The second-order valence-corrected chi connectivity index (χ2v) is 3.54. The molecule has 0 radical (unpaired) electrons. The molecule has 1 heterocycles. The van der Waals surface area contributed by atoms with Crippen LogP contribution in [-0.2, 0) is 14.3 Å². The van der Waals surface area contributed by atoms with Crippen LogP contribution in [0.4, 0.5) is 4.79 Å². The zero-order valence-electron chi connectivity index (χ0n) is 9.09. The number of ether oxygens (including phenoxy) is 2. The van der Waals surface area contributed by atoms with Gasteiger partial charge >= 0.3 is 12.1 Å². The Morgan fingerprint density at radius 1 is 1.62 bits per heavy atom. The van der Waals surface area contributed by atoms with E-state index in [-0.39, 0.29) is 19.3 Å². The van der Waals surface area contributed by atoms with Crippen molar-refractivity contribution in [2.45, 2.75) is 19.1 Å². The second kappa shape index (κ2) is 5.50. The Balaban J connectivity index is 2.56. The van der Waals surface area contributed by atoms with Gasteiger partial charge in [-0.2, -0.15) is 0 Å². The molecule has 1 fully saturated rings. The fraction of sp³-hybridized carbons (Fsp3) is 0.600. The van der Waals surface area contributed by atoms with Gasteiger partial charge in [0.1, 0.15) is 6.61 Å². The summed E-state index contributed by atoms with van der Waals surface area (Å²) in [7, 11) is 0. The van der Waals surface area contributed by atoms with Gasteiger partial charge in [-0.15, -0.1) is 0 Å². The minimum Gasteiger partial charge on any atom is -0.479 e. The number of amides is 1. The predicted molar refractivity (Wildman–Crippen MR) is 55.1 cm³/mol. The molecule has 0 unspecified atom stereocenters. The smallest absolute Gasteiger partial charge is 0.410 e. The minimum absolute atomic E-state index is 0.00957. The van der Waals surface area contributed by atoms with Crippen LogP contribution in [-0.4, -0.2) is 54.0 Å². The molecule has 6 nitrogen and oxygen atoms in total. The highest BCUT2D eigenvalue weighted by Crippen LogP contribution is 2.12. The molecular weight excluding hydrogens is 214 g/mol. The normalized spacial score (nSPS) is 24.9. The van der Waals surface area contributed by atoms with Gasteiger partial charge in [-0.05, 0) is 6.92 Å². The minimum atomic E-state index is -1.08. The van der Waals surface area contributed by atoms with Crippen LogP contribution in [0.2, 0.25) is 0 Å². The molecule has 0 spiro atoms. The number of carboxylic acids is 1. The van der Waals surface area contributed by atoms with Crippen molar-refractivity contribution in [3.05, 3.63) is 12.7 Å². The van der Waals surface area contributed by atoms with Gasteiger partial charge in [0.2, 0.25) is 0 Å². The third-order valence-electron chi connectivity index (χ3n) is 2.12. The Morgan fingerprint density at radius 2 is 2.31 bits per heavy atom. The highest BCUT2D eigenvalue weighted by molar-refractivity contribution is 5.75.